The van der Waals surface area contributed by atoms with E-state index in [1.54, 1.807) is 0 Å². The summed E-state index contributed by atoms with van der Waals surface area (Å²) in [7, 11) is 1.35. The van der Waals surface area contributed by atoms with E-state index in [-0.39, 0.29) is 5.54 Å². The van der Waals surface area contributed by atoms with Crippen LogP contribution in [0.4, 0.5) is 4.79 Å². The van der Waals surface area contributed by atoms with Crippen molar-refractivity contribution in [1.82, 2.24) is 5.32 Å². The van der Waals surface area contributed by atoms with E-state index in [9.17, 15) is 14.7 Å². The lowest BCUT2D eigenvalue weighted by atomic mass is 9.47. The molecular formula is C13H19NO4. The molecule has 0 saturated heterocycles. The van der Waals surface area contributed by atoms with Crippen molar-refractivity contribution in [3.63, 3.8) is 0 Å². The summed E-state index contributed by atoms with van der Waals surface area (Å²) in [6.45, 7) is 0. The third-order valence-electron chi connectivity index (χ3n) is 5.07. The molecule has 0 heterocycles. The van der Waals surface area contributed by atoms with Crippen LogP contribution in [0.2, 0.25) is 0 Å². The van der Waals surface area contributed by atoms with E-state index >= 15 is 0 Å². The van der Waals surface area contributed by atoms with Crippen LogP contribution < -0.4 is 5.32 Å². The third-order valence-corrected chi connectivity index (χ3v) is 5.07. The van der Waals surface area contributed by atoms with Crippen LogP contribution >= 0.6 is 0 Å². The fourth-order valence-corrected chi connectivity index (χ4v) is 4.93. The van der Waals surface area contributed by atoms with Crippen LogP contribution in [0.15, 0.2) is 0 Å². The minimum Gasteiger partial charge on any atom is -0.481 e. The van der Waals surface area contributed by atoms with Crippen LogP contribution in [-0.4, -0.2) is 29.8 Å². The SMILES string of the molecule is COC(=O)NC12CC3CC(C1)CC(C(=O)O)(C3)C2. The van der Waals surface area contributed by atoms with Gasteiger partial charge in [-0.3, -0.25) is 4.79 Å². The number of rotatable bonds is 2. The Bertz CT molecular complexity index is 392. The quantitative estimate of drug-likeness (QED) is 0.786. The van der Waals surface area contributed by atoms with E-state index < -0.39 is 17.5 Å². The molecule has 1 amide bonds. The summed E-state index contributed by atoms with van der Waals surface area (Å²) in [6, 6.07) is 0. The average Bonchev–Trinajstić information content (AvgIpc) is 2.26. The van der Waals surface area contributed by atoms with Crippen LogP contribution in [-0.2, 0) is 9.53 Å². The molecule has 0 aromatic rings. The molecule has 0 aromatic carbocycles. The number of carboxylic acids is 1. The molecule has 0 aromatic heterocycles. The van der Waals surface area contributed by atoms with Gasteiger partial charge in [0.05, 0.1) is 12.5 Å². The Morgan fingerprint density at radius 3 is 2.33 bits per heavy atom. The number of aliphatic carboxylic acids is 1. The number of methoxy groups -OCH3 is 1. The van der Waals surface area contributed by atoms with Gasteiger partial charge < -0.3 is 15.2 Å². The van der Waals surface area contributed by atoms with Crippen molar-refractivity contribution in [3.8, 4) is 0 Å². The molecule has 4 rings (SSSR count). The number of ether oxygens (including phenoxy) is 1. The lowest BCUT2D eigenvalue weighted by molar-refractivity contribution is -0.168. The molecule has 0 spiro atoms. The maximum Gasteiger partial charge on any atom is 0.407 e. The third kappa shape index (κ3) is 1.60. The smallest absolute Gasteiger partial charge is 0.407 e. The van der Waals surface area contributed by atoms with Crippen molar-refractivity contribution in [2.45, 2.75) is 44.1 Å². The molecule has 0 radical (unpaired) electrons. The Hall–Kier alpha value is -1.26. The molecule has 4 saturated carbocycles. The molecule has 4 bridgehead atoms. The predicted octanol–water partition coefficient (Wildman–Crippen LogP) is 1.77. The van der Waals surface area contributed by atoms with Gasteiger partial charge >= 0.3 is 12.1 Å². The van der Waals surface area contributed by atoms with Crippen LogP contribution in [0.25, 0.3) is 0 Å². The molecule has 2 atom stereocenters. The lowest BCUT2D eigenvalue weighted by Crippen LogP contribution is -2.64. The second-order valence-electron chi connectivity index (χ2n) is 6.44. The molecular weight excluding hydrogens is 234 g/mol. The molecule has 100 valence electrons. The van der Waals surface area contributed by atoms with Crippen LogP contribution in [0, 0.1) is 17.3 Å². The number of hydrogen-bond donors (Lipinski definition) is 2. The van der Waals surface area contributed by atoms with Gasteiger partial charge in [0.1, 0.15) is 0 Å². The van der Waals surface area contributed by atoms with E-state index in [1.807, 2.05) is 0 Å². The second kappa shape index (κ2) is 3.62. The highest BCUT2D eigenvalue weighted by Gasteiger charge is 2.61. The summed E-state index contributed by atoms with van der Waals surface area (Å²) >= 11 is 0. The highest BCUT2D eigenvalue weighted by Crippen LogP contribution is 2.61. The van der Waals surface area contributed by atoms with Gasteiger partial charge in [0.25, 0.3) is 0 Å². The Labute approximate surface area is 106 Å². The zero-order valence-electron chi connectivity index (χ0n) is 10.6. The van der Waals surface area contributed by atoms with Crippen molar-refractivity contribution < 1.29 is 19.4 Å². The first-order valence-electron chi connectivity index (χ1n) is 6.57. The molecule has 18 heavy (non-hydrogen) atoms. The largest absolute Gasteiger partial charge is 0.481 e. The summed E-state index contributed by atoms with van der Waals surface area (Å²) in [5.41, 5.74) is -0.944. The minimum absolute atomic E-state index is 0.338. The molecule has 0 aliphatic heterocycles. The van der Waals surface area contributed by atoms with E-state index in [2.05, 4.69) is 10.1 Å². The van der Waals surface area contributed by atoms with E-state index in [0.29, 0.717) is 18.3 Å². The van der Waals surface area contributed by atoms with Gasteiger partial charge in [-0.15, -0.1) is 0 Å². The normalized spacial score (nSPS) is 44.7. The first-order valence-corrected chi connectivity index (χ1v) is 6.57. The lowest BCUT2D eigenvalue weighted by Gasteiger charge is -2.60. The Kier molecular flexibility index (Phi) is 2.37. The minimum atomic E-state index is -0.687. The number of amides is 1. The van der Waals surface area contributed by atoms with Crippen LogP contribution in [0.5, 0.6) is 0 Å². The molecule has 4 aliphatic rings. The van der Waals surface area contributed by atoms with Gasteiger partial charge in [-0.05, 0) is 50.4 Å². The molecule has 2 unspecified atom stereocenters. The van der Waals surface area contributed by atoms with Crippen molar-refractivity contribution in [2.75, 3.05) is 7.11 Å². The maximum absolute atomic E-state index is 11.6. The van der Waals surface area contributed by atoms with Gasteiger partial charge in [-0.1, -0.05) is 0 Å². The summed E-state index contributed by atoms with van der Waals surface area (Å²) in [5.74, 6) is 0.201. The Morgan fingerprint density at radius 2 is 1.83 bits per heavy atom. The summed E-state index contributed by atoms with van der Waals surface area (Å²) < 4.78 is 4.69. The molecule has 4 fully saturated rings. The Morgan fingerprint density at radius 1 is 1.22 bits per heavy atom. The first-order chi connectivity index (χ1) is 8.47. The summed E-state index contributed by atoms with van der Waals surface area (Å²) in [5, 5.41) is 12.5. The number of hydrogen-bond acceptors (Lipinski definition) is 3. The number of carbonyl (C=O) groups is 2. The van der Waals surface area contributed by atoms with Gasteiger partial charge in [0.2, 0.25) is 0 Å². The van der Waals surface area contributed by atoms with Crippen molar-refractivity contribution in [1.29, 1.82) is 0 Å². The summed E-state index contributed by atoms with van der Waals surface area (Å²) in [4.78, 5) is 23.1. The van der Waals surface area contributed by atoms with Gasteiger partial charge in [0.15, 0.2) is 0 Å². The highest BCUT2D eigenvalue weighted by atomic mass is 16.5. The Balaban J connectivity index is 1.89. The fourth-order valence-electron chi connectivity index (χ4n) is 4.93. The molecule has 5 nitrogen and oxygen atoms in total. The predicted molar refractivity (Wildman–Crippen MR) is 63.0 cm³/mol. The number of alkyl carbamates (subject to hydrolysis) is 1. The molecule has 2 N–H and O–H groups in total. The zero-order valence-corrected chi connectivity index (χ0v) is 10.6. The van der Waals surface area contributed by atoms with E-state index in [4.69, 9.17) is 0 Å². The number of nitrogens with one attached hydrogen (secondary N) is 1. The monoisotopic (exact) mass is 253 g/mol. The number of carbonyl (C=O) groups excluding carboxylic acids is 1. The second-order valence-corrected chi connectivity index (χ2v) is 6.44. The van der Waals surface area contributed by atoms with Crippen LogP contribution in [0.1, 0.15) is 38.5 Å². The van der Waals surface area contributed by atoms with Crippen molar-refractivity contribution in [2.24, 2.45) is 17.3 Å². The first kappa shape index (κ1) is 11.8. The summed E-state index contributed by atoms with van der Waals surface area (Å²) in [6.07, 6.45) is 4.64. The average molecular weight is 253 g/mol. The molecule has 4 aliphatic carbocycles. The van der Waals surface area contributed by atoms with Crippen LogP contribution in [0.3, 0.4) is 0 Å². The van der Waals surface area contributed by atoms with Gasteiger partial charge in [-0.25, -0.2) is 4.79 Å². The van der Waals surface area contributed by atoms with Crippen molar-refractivity contribution in [3.05, 3.63) is 0 Å². The topological polar surface area (TPSA) is 75.6 Å². The van der Waals surface area contributed by atoms with E-state index in [0.717, 1.165) is 32.1 Å². The van der Waals surface area contributed by atoms with Gasteiger partial charge in [-0.2, -0.15) is 0 Å². The van der Waals surface area contributed by atoms with E-state index in [1.165, 1.54) is 7.11 Å². The zero-order chi connectivity index (χ0) is 13.0. The van der Waals surface area contributed by atoms with Gasteiger partial charge in [0, 0.05) is 5.54 Å². The standard InChI is InChI=1S/C13H19NO4/c1-18-11(17)14-13-5-8-2-9(6-13)4-12(3-8,7-13)10(15)16/h8-9H,2-7H2,1H3,(H,14,17)(H,15,16). The van der Waals surface area contributed by atoms with Crippen molar-refractivity contribution >= 4 is 12.1 Å². The highest BCUT2D eigenvalue weighted by molar-refractivity contribution is 5.76. The molecule has 5 heteroatoms. The fraction of sp³-hybridized carbons (Fsp3) is 0.846. The number of carboxylic acid groups (broad SMARTS) is 1. The maximum atomic E-state index is 11.6.